The fraction of sp³-hybridized carbons (Fsp3) is 0.533. The Morgan fingerprint density at radius 3 is 2.81 bits per heavy atom. The Labute approximate surface area is 122 Å². The van der Waals surface area contributed by atoms with Crippen LogP contribution < -0.4 is 15.4 Å². The van der Waals surface area contributed by atoms with Crippen molar-refractivity contribution in [2.75, 3.05) is 19.6 Å². The average molecular weight is 298 g/mol. The molecule has 0 atom stereocenters. The molecule has 0 aliphatic carbocycles. The first-order chi connectivity index (χ1) is 9.98. The number of nitrogens with one attached hydrogen (secondary N) is 2. The molecule has 6 heteroatoms. The van der Waals surface area contributed by atoms with Crippen LogP contribution >= 0.6 is 0 Å². The number of rotatable bonds is 5. The minimum atomic E-state index is -2.89. The molecule has 1 heterocycles. The fourth-order valence-corrected chi connectivity index (χ4v) is 2.42. The number of amides is 1. The van der Waals surface area contributed by atoms with E-state index in [2.05, 4.69) is 22.3 Å². The molecule has 0 unspecified atom stereocenters. The summed E-state index contributed by atoms with van der Waals surface area (Å²) in [7, 11) is 0. The molecular formula is C15H20F2N2O2. The molecule has 0 bridgehead atoms. The number of hydrogen-bond donors (Lipinski definition) is 2. The maximum Gasteiger partial charge on any atom is 0.387 e. The van der Waals surface area contributed by atoms with Crippen LogP contribution in [0.15, 0.2) is 24.3 Å². The van der Waals surface area contributed by atoms with Gasteiger partial charge in [-0.2, -0.15) is 8.78 Å². The molecule has 2 N–H and O–H groups in total. The molecular weight excluding hydrogens is 278 g/mol. The lowest BCUT2D eigenvalue weighted by Gasteiger charge is -2.34. The molecule has 1 aromatic rings. The molecule has 1 aromatic carbocycles. The van der Waals surface area contributed by atoms with Crippen LogP contribution in [0.3, 0.4) is 0 Å². The smallest absolute Gasteiger partial charge is 0.387 e. The van der Waals surface area contributed by atoms with E-state index in [1.807, 2.05) is 0 Å². The molecule has 0 aromatic heterocycles. The molecule has 4 nitrogen and oxygen atoms in total. The number of benzene rings is 1. The van der Waals surface area contributed by atoms with Gasteiger partial charge in [0.1, 0.15) is 5.75 Å². The Kier molecular flexibility index (Phi) is 5.12. The number of halogens is 2. The number of piperidine rings is 1. The maximum atomic E-state index is 12.2. The zero-order chi connectivity index (χ0) is 15.3. The van der Waals surface area contributed by atoms with Crippen LogP contribution in [-0.4, -0.2) is 32.2 Å². The highest BCUT2D eigenvalue weighted by molar-refractivity contribution is 5.94. The number of ether oxygens (including phenoxy) is 1. The van der Waals surface area contributed by atoms with Crippen LogP contribution in [0.2, 0.25) is 0 Å². The van der Waals surface area contributed by atoms with Gasteiger partial charge in [0.2, 0.25) is 0 Å². The van der Waals surface area contributed by atoms with Gasteiger partial charge in [-0.1, -0.05) is 13.0 Å². The SMILES string of the molecule is CC1(CNC(=O)c2cccc(OC(F)F)c2)CCNCC1. The van der Waals surface area contributed by atoms with E-state index < -0.39 is 6.61 Å². The molecule has 1 amide bonds. The summed E-state index contributed by atoms with van der Waals surface area (Å²) in [5.41, 5.74) is 0.406. The van der Waals surface area contributed by atoms with E-state index in [-0.39, 0.29) is 17.1 Å². The van der Waals surface area contributed by atoms with E-state index in [4.69, 9.17) is 0 Å². The average Bonchev–Trinajstić information content (AvgIpc) is 2.45. The standard InChI is InChI=1S/C15H20F2N2O2/c1-15(5-7-18-8-6-15)10-19-13(20)11-3-2-4-12(9-11)21-14(16)17/h2-4,9,14,18H,5-8,10H2,1H3,(H,19,20). The zero-order valence-electron chi connectivity index (χ0n) is 12.0. The lowest BCUT2D eigenvalue weighted by molar-refractivity contribution is -0.0498. The van der Waals surface area contributed by atoms with E-state index >= 15 is 0 Å². The molecule has 116 valence electrons. The Morgan fingerprint density at radius 1 is 1.43 bits per heavy atom. The first-order valence-electron chi connectivity index (χ1n) is 7.02. The summed E-state index contributed by atoms with van der Waals surface area (Å²) < 4.78 is 28.6. The molecule has 1 fully saturated rings. The quantitative estimate of drug-likeness (QED) is 0.877. The van der Waals surface area contributed by atoms with Gasteiger partial charge in [0.25, 0.3) is 5.91 Å². The van der Waals surface area contributed by atoms with Gasteiger partial charge in [-0.25, -0.2) is 0 Å². The van der Waals surface area contributed by atoms with E-state index in [1.54, 1.807) is 6.07 Å². The molecule has 0 radical (unpaired) electrons. The Morgan fingerprint density at radius 2 is 2.14 bits per heavy atom. The van der Waals surface area contributed by atoms with Crippen molar-refractivity contribution in [2.24, 2.45) is 5.41 Å². The van der Waals surface area contributed by atoms with E-state index in [1.165, 1.54) is 18.2 Å². The lowest BCUT2D eigenvalue weighted by atomic mass is 9.81. The summed E-state index contributed by atoms with van der Waals surface area (Å²) >= 11 is 0. The van der Waals surface area contributed by atoms with Crippen LogP contribution in [0.25, 0.3) is 0 Å². The lowest BCUT2D eigenvalue weighted by Crippen LogP contribution is -2.42. The first kappa shape index (κ1) is 15.7. The summed E-state index contributed by atoms with van der Waals surface area (Å²) in [6.07, 6.45) is 2.00. The molecule has 1 aliphatic rings. The van der Waals surface area contributed by atoms with Gasteiger partial charge in [0.05, 0.1) is 0 Å². The molecule has 0 saturated carbocycles. The zero-order valence-corrected chi connectivity index (χ0v) is 12.0. The van der Waals surface area contributed by atoms with Crippen molar-refractivity contribution >= 4 is 5.91 Å². The molecule has 1 saturated heterocycles. The van der Waals surface area contributed by atoms with Crippen molar-refractivity contribution in [3.8, 4) is 5.75 Å². The predicted molar refractivity (Wildman–Crippen MR) is 75.6 cm³/mol. The van der Waals surface area contributed by atoms with Gasteiger partial charge in [-0.05, 0) is 49.5 Å². The third-order valence-electron chi connectivity index (χ3n) is 3.81. The van der Waals surface area contributed by atoms with E-state index in [0.29, 0.717) is 12.1 Å². The van der Waals surface area contributed by atoms with Crippen molar-refractivity contribution in [3.63, 3.8) is 0 Å². The third kappa shape index (κ3) is 4.67. The van der Waals surface area contributed by atoms with Gasteiger partial charge in [-0.15, -0.1) is 0 Å². The Hall–Kier alpha value is -1.69. The van der Waals surface area contributed by atoms with Crippen LogP contribution in [0.5, 0.6) is 5.75 Å². The highest BCUT2D eigenvalue weighted by Gasteiger charge is 2.27. The number of carbonyl (C=O) groups is 1. The molecule has 21 heavy (non-hydrogen) atoms. The second-order valence-corrected chi connectivity index (χ2v) is 5.65. The van der Waals surface area contributed by atoms with Crippen LogP contribution in [-0.2, 0) is 0 Å². The topological polar surface area (TPSA) is 50.4 Å². The maximum absolute atomic E-state index is 12.2. The summed E-state index contributed by atoms with van der Waals surface area (Å²) in [5, 5.41) is 6.16. The van der Waals surface area contributed by atoms with Crippen LogP contribution in [0.4, 0.5) is 8.78 Å². The minimum absolute atomic E-state index is 0.00859. The largest absolute Gasteiger partial charge is 0.435 e. The number of hydrogen-bond acceptors (Lipinski definition) is 3. The second-order valence-electron chi connectivity index (χ2n) is 5.65. The molecule has 1 aliphatic heterocycles. The second kappa shape index (κ2) is 6.85. The highest BCUT2D eigenvalue weighted by atomic mass is 19.3. The van der Waals surface area contributed by atoms with Gasteiger partial charge >= 0.3 is 6.61 Å². The molecule has 2 rings (SSSR count). The van der Waals surface area contributed by atoms with Crippen molar-refractivity contribution in [2.45, 2.75) is 26.4 Å². The van der Waals surface area contributed by atoms with Crippen molar-refractivity contribution in [1.82, 2.24) is 10.6 Å². The van der Waals surface area contributed by atoms with Crippen LogP contribution in [0.1, 0.15) is 30.1 Å². The number of alkyl halides is 2. The van der Waals surface area contributed by atoms with E-state index in [0.717, 1.165) is 25.9 Å². The highest BCUT2D eigenvalue weighted by Crippen LogP contribution is 2.26. The van der Waals surface area contributed by atoms with Crippen LogP contribution in [0, 0.1) is 5.41 Å². The third-order valence-corrected chi connectivity index (χ3v) is 3.81. The van der Waals surface area contributed by atoms with E-state index in [9.17, 15) is 13.6 Å². The summed E-state index contributed by atoms with van der Waals surface area (Å²) in [4.78, 5) is 12.1. The minimum Gasteiger partial charge on any atom is -0.435 e. The fourth-order valence-electron chi connectivity index (χ4n) is 2.42. The summed E-state index contributed by atoms with van der Waals surface area (Å²) in [5.74, 6) is -0.278. The summed E-state index contributed by atoms with van der Waals surface area (Å²) in [6, 6.07) is 5.83. The van der Waals surface area contributed by atoms with Crippen molar-refractivity contribution in [3.05, 3.63) is 29.8 Å². The Bertz CT molecular complexity index is 488. The van der Waals surface area contributed by atoms with Gasteiger partial charge in [-0.3, -0.25) is 4.79 Å². The normalized spacial score (nSPS) is 17.5. The van der Waals surface area contributed by atoms with Crippen molar-refractivity contribution < 1.29 is 18.3 Å². The number of carbonyl (C=O) groups excluding carboxylic acids is 1. The van der Waals surface area contributed by atoms with Gasteiger partial charge in [0.15, 0.2) is 0 Å². The van der Waals surface area contributed by atoms with Gasteiger partial charge in [0, 0.05) is 12.1 Å². The monoisotopic (exact) mass is 298 g/mol. The van der Waals surface area contributed by atoms with Crippen molar-refractivity contribution in [1.29, 1.82) is 0 Å². The first-order valence-corrected chi connectivity index (χ1v) is 7.02. The molecule has 0 spiro atoms. The predicted octanol–water partition coefficient (Wildman–Crippen LogP) is 2.41. The van der Waals surface area contributed by atoms with Gasteiger partial charge < -0.3 is 15.4 Å². The Balaban J connectivity index is 1.93. The summed E-state index contributed by atoms with van der Waals surface area (Å²) in [6.45, 7) is 1.73.